The lowest BCUT2D eigenvalue weighted by Gasteiger charge is -2.33. The van der Waals surface area contributed by atoms with Crippen molar-refractivity contribution in [1.29, 1.82) is 0 Å². The summed E-state index contributed by atoms with van der Waals surface area (Å²) in [7, 11) is 0. The number of benzene rings is 1. The Labute approximate surface area is 171 Å². The largest absolute Gasteiger partial charge is 0.410 e. The normalized spacial score (nSPS) is 22.2. The molecule has 2 N–H and O–H groups in total. The minimum absolute atomic E-state index is 0.0176. The van der Waals surface area contributed by atoms with E-state index in [0.29, 0.717) is 0 Å². The van der Waals surface area contributed by atoms with E-state index in [0.717, 1.165) is 41.5 Å². The minimum Gasteiger partial charge on any atom is -0.362 e. The lowest BCUT2D eigenvalue weighted by Crippen LogP contribution is -2.36. The average Bonchev–Trinajstić information content (AvgIpc) is 3.29. The molecular formula is C20H22ClF3N4O. The predicted molar refractivity (Wildman–Crippen MR) is 104 cm³/mol. The van der Waals surface area contributed by atoms with Gasteiger partial charge < -0.3 is 10.6 Å². The molecule has 4 rings (SSSR count). The number of anilines is 1. The van der Waals surface area contributed by atoms with Crippen LogP contribution in [0.15, 0.2) is 24.3 Å². The van der Waals surface area contributed by atoms with Gasteiger partial charge in [-0.15, -0.1) is 0 Å². The van der Waals surface area contributed by atoms with E-state index in [1.807, 2.05) is 19.1 Å². The molecule has 2 heterocycles. The average molecular weight is 427 g/mol. The number of hydrogen-bond acceptors (Lipinski definition) is 3. The fourth-order valence-electron chi connectivity index (χ4n) is 4.08. The number of carbonyl (C=O) groups is 1. The molecule has 1 fully saturated rings. The predicted octanol–water partition coefficient (Wildman–Crippen LogP) is 5.18. The Bertz CT molecular complexity index is 904. The number of alkyl halides is 3. The quantitative estimate of drug-likeness (QED) is 0.711. The van der Waals surface area contributed by atoms with Gasteiger partial charge in [0.15, 0.2) is 11.7 Å². The monoisotopic (exact) mass is 426 g/mol. The van der Waals surface area contributed by atoms with Crippen LogP contribution in [0.5, 0.6) is 0 Å². The van der Waals surface area contributed by atoms with Crippen LogP contribution in [0, 0.1) is 6.92 Å². The maximum atomic E-state index is 13.8. The lowest BCUT2D eigenvalue weighted by atomic mass is 9.96. The van der Waals surface area contributed by atoms with Crippen LogP contribution < -0.4 is 10.6 Å². The van der Waals surface area contributed by atoms with Crippen molar-refractivity contribution >= 4 is 23.3 Å². The number of halogens is 4. The van der Waals surface area contributed by atoms with Crippen molar-refractivity contribution in [3.63, 3.8) is 0 Å². The summed E-state index contributed by atoms with van der Waals surface area (Å²) in [5.41, 5.74) is 1.58. The number of hydrogen-bond donors (Lipinski definition) is 2. The molecule has 0 radical (unpaired) electrons. The molecule has 0 unspecified atom stereocenters. The van der Waals surface area contributed by atoms with E-state index in [9.17, 15) is 18.0 Å². The summed E-state index contributed by atoms with van der Waals surface area (Å²) < 4.78 is 42.2. The molecule has 1 aromatic heterocycles. The molecule has 1 aliphatic carbocycles. The first-order valence-electron chi connectivity index (χ1n) is 9.72. The molecule has 2 atom stereocenters. The maximum Gasteiger partial charge on any atom is 0.410 e. The Kier molecular flexibility index (Phi) is 5.23. The van der Waals surface area contributed by atoms with Crippen LogP contribution in [0.25, 0.3) is 0 Å². The van der Waals surface area contributed by atoms with E-state index in [1.54, 1.807) is 12.1 Å². The van der Waals surface area contributed by atoms with Crippen LogP contribution in [0.1, 0.15) is 65.8 Å². The van der Waals surface area contributed by atoms with Crippen molar-refractivity contribution in [3.8, 4) is 0 Å². The van der Waals surface area contributed by atoms with Gasteiger partial charge in [0.25, 0.3) is 5.91 Å². The number of rotatable bonds is 3. The van der Waals surface area contributed by atoms with Gasteiger partial charge in [0.1, 0.15) is 10.8 Å². The van der Waals surface area contributed by atoms with Crippen molar-refractivity contribution in [2.45, 2.75) is 63.3 Å². The zero-order chi connectivity index (χ0) is 20.8. The van der Waals surface area contributed by atoms with Crippen molar-refractivity contribution in [2.75, 3.05) is 5.32 Å². The van der Waals surface area contributed by atoms with Crippen LogP contribution in [-0.4, -0.2) is 27.9 Å². The van der Waals surface area contributed by atoms with Crippen LogP contribution in [0.3, 0.4) is 0 Å². The molecule has 2 aliphatic rings. The van der Waals surface area contributed by atoms with Crippen LogP contribution in [0.4, 0.5) is 19.0 Å². The first-order valence-corrected chi connectivity index (χ1v) is 10.1. The van der Waals surface area contributed by atoms with Crippen LogP contribution in [0.2, 0.25) is 5.02 Å². The van der Waals surface area contributed by atoms with Gasteiger partial charge >= 0.3 is 6.18 Å². The third kappa shape index (κ3) is 3.95. The Morgan fingerprint density at radius 2 is 1.90 bits per heavy atom. The molecule has 1 amide bonds. The van der Waals surface area contributed by atoms with Crippen molar-refractivity contribution in [2.24, 2.45) is 0 Å². The van der Waals surface area contributed by atoms with Gasteiger partial charge in [-0.2, -0.15) is 18.3 Å². The summed E-state index contributed by atoms with van der Waals surface area (Å²) in [6, 6.07) is 4.87. The second-order valence-electron chi connectivity index (χ2n) is 7.81. The van der Waals surface area contributed by atoms with E-state index < -0.39 is 24.2 Å². The zero-order valence-electron chi connectivity index (χ0n) is 15.9. The van der Waals surface area contributed by atoms with Gasteiger partial charge in [-0.25, -0.2) is 4.68 Å². The summed E-state index contributed by atoms with van der Waals surface area (Å²) in [6.45, 7) is 1.91. The van der Waals surface area contributed by atoms with Gasteiger partial charge in [-0.05, 0) is 25.3 Å². The van der Waals surface area contributed by atoms with Gasteiger partial charge in [-0.3, -0.25) is 4.79 Å². The molecule has 0 saturated heterocycles. The second kappa shape index (κ2) is 7.55. The van der Waals surface area contributed by atoms with Crippen molar-refractivity contribution in [3.05, 3.63) is 46.1 Å². The van der Waals surface area contributed by atoms with Gasteiger partial charge in [-0.1, -0.05) is 54.3 Å². The van der Waals surface area contributed by atoms with Crippen molar-refractivity contribution in [1.82, 2.24) is 15.1 Å². The molecule has 1 aromatic carbocycles. The Hall–Kier alpha value is -2.22. The number of carbonyl (C=O) groups excluding carboxylic acids is 1. The van der Waals surface area contributed by atoms with Crippen LogP contribution >= 0.6 is 11.6 Å². The Morgan fingerprint density at radius 1 is 1.24 bits per heavy atom. The minimum atomic E-state index is -4.52. The fourth-order valence-corrected chi connectivity index (χ4v) is 4.34. The standard InChI is InChI=1S/C20H22ClF3N4O/c1-11-6-8-12(9-7-11)14-10-15(20(22,23)24)28-18(26-14)16(21)17(27-28)19(29)25-13-4-2-3-5-13/h6-9,13-15,26H,2-5,10H2,1H3,(H,25,29)/t14-,15-/m0/s1. The zero-order valence-corrected chi connectivity index (χ0v) is 16.6. The number of fused-ring (bicyclic) bond motifs is 1. The second-order valence-corrected chi connectivity index (χ2v) is 8.19. The van der Waals surface area contributed by atoms with E-state index >= 15 is 0 Å². The van der Waals surface area contributed by atoms with E-state index in [4.69, 9.17) is 11.6 Å². The van der Waals surface area contributed by atoms with Gasteiger partial charge in [0, 0.05) is 12.5 Å². The van der Waals surface area contributed by atoms with Gasteiger partial charge in [0.05, 0.1) is 6.04 Å². The van der Waals surface area contributed by atoms with Gasteiger partial charge in [0.2, 0.25) is 0 Å². The summed E-state index contributed by atoms with van der Waals surface area (Å²) in [4.78, 5) is 12.6. The third-order valence-corrected chi connectivity index (χ3v) is 6.04. The highest BCUT2D eigenvalue weighted by atomic mass is 35.5. The third-order valence-electron chi connectivity index (χ3n) is 5.68. The first-order chi connectivity index (χ1) is 13.7. The summed E-state index contributed by atoms with van der Waals surface area (Å²) in [5, 5.41) is 9.80. The van der Waals surface area contributed by atoms with E-state index in [-0.39, 0.29) is 29.0 Å². The topological polar surface area (TPSA) is 59.0 Å². The number of aromatic nitrogens is 2. The molecule has 1 saturated carbocycles. The molecule has 2 aromatic rings. The first kappa shape index (κ1) is 20.1. The van der Waals surface area contributed by atoms with Crippen LogP contribution in [-0.2, 0) is 0 Å². The van der Waals surface area contributed by atoms with E-state index in [1.165, 1.54) is 0 Å². The molecular weight excluding hydrogens is 405 g/mol. The summed E-state index contributed by atoms with van der Waals surface area (Å²) >= 11 is 6.34. The highest BCUT2D eigenvalue weighted by Crippen LogP contribution is 2.46. The molecule has 0 bridgehead atoms. The number of amides is 1. The Balaban J connectivity index is 1.68. The highest BCUT2D eigenvalue weighted by molar-refractivity contribution is 6.36. The molecule has 9 heteroatoms. The Morgan fingerprint density at radius 3 is 2.52 bits per heavy atom. The number of nitrogens with one attached hydrogen (secondary N) is 2. The molecule has 29 heavy (non-hydrogen) atoms. The molecule has 1 aliphatic heterocycles. The van der Waals surface area contributed by atoms with E-state index in [2.05, 4.69) is 15.7 Å². The summed E-state index contributed by atoms with van der Waals surface area (Å²) in [5.74, 6) is -0.499. The highest BCUT2D eigenvalue weighted by Gasteiger charge is 2.48. The lowest BCUT2D eigenvalue weighted by molar-refractivity contribution is -0.173. The molecule has 5 nitrogen and oxygen atoms in total. The number of aryl methyl sites for hydroxylation is 1. The maximum absolute atomic E-state index is 13.8. The number of nitrogens with zero attached hydrogens (tertiary/aromatic N) is 2. The fraction of sp³-hybridized carbons (Fsp3) is 0.500. The van der Waals surface area contributed by atoms with Crippen molar-refractivity contribution < 1.29 is 18.0 Å². The molecule has 0 spiro atoms. The molecule has 156 valence electrons. The summed E-state index contributed by atoms with van der Waals surface area (Å²) in [6.07, 6.45) is -0.996. The SMILES string of the molecule is Cc1ccc([C@@H]2C[C@@H](C(F)(F)F)n3nc(C(=O)NC4CCCC4)c(Cl)c3N2)cc1. The smallest absolute Gasteiger partial charge is 0.362 e.